The predicted octanol–water partition coefficient (Wildman–Crippen LogP) is 1.81. The zero-order valence-electron chi connectivity index (χ0n) is 7.85. The van der Waals surface area contributed by atoms with E-state index in [4.69, 9.17) is 0 Å². The Morgan fingerprint density at radius 3 is 2.33 bits per heavy atom. The molecule has 0 rings (SSSR count). The van der Waals surface area contributed by atoms with E-state index >= 15 is 0 Å². The maximum atomic E-state index is 10.9. The van der Waals surface area contributed by atoms with Crippen molar-refractivity contribution in [3.63, 3.8) is 0 Å². The lowest BCUT2D eigenvalue weighted by Gasteiger charge is -2.00. The van der Waals surface area contributed by atoms with Crippen molar-refractivity contribution >= 4 is 5.78 Å². The number of Topliss-reactive ketones (excluding diaryl/α,β-unsaturated/α-hetero) is 1. The first-order valence-corrected chi connectivity index (χ1v) is 3.84. The van der Waals surface area contributed by atoms with E-state index in [1.165, 1.54) is 6.92 Å². The van der Waals surface area contributed by atoms with E-state index in [2.05, 4.69) is 11.9 Å². The molecule has 2 nitrogen and oxygen atoms in total. The molecule has 0 heterocycles. The number of carbonyl (C=O) groups is 1. The molecule has 0 aromatic carbocycles. The predicted molar refractivity (Wildman–Crippen MR) is 51.8 cm³/mol. The summed E-state index contributed by atoms with van der Waals surface area (Å²) in [7, 11) is 1.81. The summed E-state index contributed by atoms with van der Waals surface area (Å²) in [6, 6.07) is 0. The summed E-state index contributed by atoms with van der Waals surface area (Å²) in [6.45, 7) is 6.99. The highest BCUT2D eigenvalue weighted by molar-refractivity contribution is 5.96. The van der Waals surface area contributed by atoms with Crippen LogP contribution in [-0.4, -0.2) is 12.8 Å². The summed E-state index contributed by atoms with van der Waals surface area (Å²) in [4.78, 5) is 10.9. The summed E-state index contributed by atoms with van der Waals surface area (Å²) in [6.07, 6.45) is 5.23. The third kappa shape index (κ3) is 3.19. The first-order valence-electron chi connectivity index (χ1n) is 3.84. The van der Waals surface area contributed by atoms with Gasteiger partial charge in [0.2, 0.25) is 0 Å². The minimum atomic E-state index is 0.0274. The number of carbonyl (C=O) groups excluding carboxylic acids is 1. The maximum absolute atomic E-state index is 10.9. The van der Waals surface area contributed by atoms with Crippen LogP contribution in [0.3, 0.4) is 0 Å². The smallest absolute Gasteiger partial charge is 0.159 e. The third-order valence-corrected chi connectivity index (χ3v) is 1.54. The summed E-state index contributed by atoms with van der Waals surface area (Å²) in [5.41, 5.74) is 1.54. The molecular formula is C10H15NO. The number of allylic oxidation sites excluding steroid dienone is 4. The molecule has 0 amide bonds. The molecule has 66 valence electrons. The van der Waals surface area contributed by atoms with E-state index < -0.39 is 0 Å². The normalized spacial score (nSPS) is 12.6. The monoisotopic (exact) mass is 165 g/mol. The summed E-state index contributed by atoms with van der Waals surface area (Å²) in [5.74, 6) is 0.0274. The number of rotatable bonds is 4. The highest BCUT2D eigenvalue weighted by Crippen LogP contribution is 2.01. The maximum Gasteiger partial charge on any atom is 0.159 e. The van der Waals surface area contributed by atoms with Crippen molar-refractivity contribution in [3.8, 4) is 0 Å². The van der Waals surface area contributed by atoms with Crippen LogP contribution in [0.2, 0.25) is 0 Å². The van der Waals surface area contributed by atoms with Crippen molar-refractivity contribution in [1.82, 2.24) is 5.32 Å². The molecule has 0 aliphatic carbocycles. The number of likely N-dealkylation sites (N-methyl/N-ethyl adjacent to an activating group) is 1. The Kier molecular flexibility index (Phi) is 4.77. The summed E-state index contributed by atoms with van der Waals surface area (Å²) >= 11 is 0. The fourth-order valence-corrected chi connectivity index (χ4v) is 0.772. The fraction of sp³-hybridized carbons (Fsp3) is 0.300. The van der Waals surface area contributed by atoms with Crippen LogP contribution < -0.4 is 5.32 Å². The standard InChI is InChI=1S/C10H15NO/c1-5-9(8(3)12)7-10(6-2)11-4/h5-7,11H,1H2,2-4H3/b9-7+,10-6+. The van der Waals surface area contributed by atoms with Gasteiger partial charge in [-0.2, -0.15) is 0 Å². The zero-order valence-corrected chi connectivity index (χ0v) is 7.85. The van der Waals surface area contributed by atoms with Gasteiger partial charge in [0, 0.05) is 18.3 Å². The molecule has 0 spiro atoms. The molecule has 0 atom stereocenters. The molecule has 0 radical (unpaired) electrons. The Hall–Kier alpha value is -1.31. The topological polar surface area (TPSA) is 29.1 Å². The van der Waals surface area contributed by atoms with Crippen LogP contribution in [0.25, 0.3) is 0 Å². The van der Waals surface area contributed by atoms with Crippen LogP contribution in [-0.2, 0) is 4.79 Å². The number of hydrogen-bond acceptors (Lipinski definition) is 2. The van der Waals surface area contributed by atoms with Gasteiger partial charge < -0.3 is 5.32 Å². The zero-order chi connectivity index (χ0) is 9.56. The lowest BCUT2D eigenvalue weighted by atomic mass is 10.1. The quantitative estimate of drug-likeness (QED) is 0.508. The lowest BCUT2D eigenvalue weighted by Crippen LogP contribution is -2.05. The average Bonchev–Trinajstić information content (AvgIpc) is 2.06. The highest BCUT2D eigenvalue weighted by atomic mass is 16.1. The van der Waals surface area contributed by atoms with E-state index in [9.17, 15) is 4.79 Å². The number of ketones is 1. The van der Waals surface area contributed by atoms with Crippen molar-refractivity contribution in [3.05, 3.63) is 36.1 Å². The van der Waals surface area contributed by atoms with E-state index in [0.29, 0.717) is 5.57 Å². The Balaban J connectivity index is 4.70. The number of nitrogens with one attached hydrogen (secondary N) is 1. The van der Waals surface area contributed by atoms with Crippen molar-refractivity contribution in [2.24, 2.45) is 0 Å². The first kappa shape index (κ1) is 10.7. The van der Waals surface area contributed by atoms with Crippen molar-refractivity contribution in [2.45, 2.75) is 13.8 Å². The highest BCUT2D eigenvalue weighted by Gasteiger charge is 1.98. The van der Waals surface area contributed by atoms with E-state index in [0.717, 1.165) is 5.70 Å². The molecule has 0 aliphatic rings. The first-order chi connectivity index (χ1) is 5.65. The molecule has 2 heteroatoms. The molecule has 0 saturated heterocycles. The summed E-state index contributed by atoms with van der Waals surface area (Å²) in [5, 5.41) is 2.96. The molecule has 1 N–H and O–H groups in total. The molecule has 12 heavy (non-hydrogen) atoms. The van der Waals surface area contributed by atoms with Gasteiger partial charge in [-0.3, -0.25) is 4.79 Å². The van der Waals surface area contributed by atoms with Crippen molar-refractivity contribution < 1.29 is 4.79 Å². The Labute approximate surface area is 73.7 Å². The van der Waals surface area contributed by atoms with E-state index in [1.807, 2.05) is 20.0 Å². The van der Waals surface area contributed by atoms with E-state index in [-0.39, 0.29) is 5.78 Å². The Morgan fingerprint density at radius 1 is 1.50 bits per heavy atom. The summed E-state index contributed by atoms with van der Waals surface area (Å²) < 4.78 is 0. The molecule has 0 aromatic heterocycles. The molecule has 0 fully saturated rings. The SMILES string of the molecule is C=C/C(=C\C(=C/C)NC)C(C)=O. The van der Waals surface area contributed by atoms with Crippen LogP contribution in [0.15, 0.2) is 36.1 Å². The van der Waals surface area contributed by atoms with Gasteiger partial charge in [0.15, 0.2) is 5.78 Å². The molecular weight excluding hydrogens is 150 g/mol. The molecule has 0 saturated carbocycles. The van der Waals surface area contributed by atoms with Gasteiger partial charge in [-0.1, -0.05) is 18.7 Å². The van der Waals surface area contributed by atoms with Crippen LogP contribution in [0.5, 0.6) is 0 Å². The van der Waals surface area contributed by atoms with Gasteiger partial charge in [0.05, 0.1) is 0 Å². The largest absolute Gasteiger partial charge is 0.388 e. The van der Waals surface area contributed by atoms with Crippen LogP contribution in [0, 0.1) is 0 Å². The lowest BCUT2D eigenvalue weighted by molar-refractivity contribution is -0.113. The minimum Gasteiger partial charge on any atom is -0.388 e. The van der Waals surface area contributed by atoms with Gasteiger partial charge in [-0.15, -0.1) is 0 Å². The van der Waals surface area contributed by atoms with Crippen LogP contribution in [0.1, 0.15) is 13.8 Å². The second-order valence-corrected chi connectivity index (χ2v) is 2.35. The van der Waals surface area contributed by atoms with Crippen molar-refractivity contribution in [1.29, 1.82) is 0 Å². The molecule has 0 bridgehead atoms. The van der Waals surface area contributed by atoms with Gasteiger partial charge in [0.25, 0.3) is 0 Å². The second-order valence-electron chi connectivity index (χ2n) is 2.35. The molecule has 0 aromatic rings. The van der Waals surface area contributed by atoms with Gasteiger partial charge in [-0.05, 0) is 19.9 Å². The van der Waals surface area contributed by atoms with Crippen molar-refractivity contribution in [2.75, 3.05) is 7.05 Å². The molecule has 0 unspecified atom stereocenters. The van der Waals surface area contributed by atoms with Gasteiger partial charge in [-0.25, -0.2) is 0 Å². The minimum absolute atomic E-state index is 0.0274. The van der Waals surface area contributed by atoms with Gasteiger partial charge >= 0.3 is 0 Å². The Bertz CT molecular complexity index is 236. The number of hydrogen-bond donors (Lipinski definition) is 1. The van der Waals surface area contributed by atoms with Gasteiger partial charge in [0.1, 0.15) is 0 Å². The van der Waals surface area contributed by atoms with E-state index in [1.54, 1.807) is 12.2 Å². The van der Waals surface area contributed by atoms with Crippen LogP contribution in [0.4, 0.5) is 0 Å². The fourth-order valence-electron chi connectivity index (χ4n) is 0.772. The average molecular weight is 165 g/mol. The Morgan fingerprint density at radius 2 is 2.08 bits per heavy atom. The second kappa shape index (κ2) is 5.35. The molecule has 0 aliphatic heterocycles. The third-order valence-electron chi connectivity index (χ3n) is 1.54. The van der Waals surface area contributed by atoms with Crippen LogP contribution >= 0.6 is 0 Å².